The van der Waals surface area contributed by atoms with Crippen LogP contribution in [-0.4, -0.2) is 70.1 Å². The predicted octanol–water partition coefficient (Wildman–Crippen LogP) is 1.74. The van der Waals surface area contributed by atoms with Crippen LogP contribution in [-0.2, 0) is 10.0 Å². The Kier molecular flexibility index (Phi) is 7.55. The average molecular weight is 386 g/mol. The van der Waals surface area contributed by atoms with Gasteiger partial charge in [0.2, 0.25) is 10.0 Å². The number of likely N-dealkylation sites (N-methyl/N-ethyl adjacent to an activating group) is 1. The van der Waals surface area contributed by atoms with E-state index >= 15 is 0 Å². The van der Waals surface area contributed by atoms with Gasteiger partial charge in [0, 0.05) is 25.7 Å². The molecule has 8 heteroatoms. The third-order valence-electron chi connectivity index (χ3n) is 4.50. The summed E-state index contributed by atoms with van der Waals surface area (Å²) in [6.07, 6.45) is 2.78. The van der Waals surface area contributed by atoms with Gasteiger partial charge in [-0.05, 0) is 38.1 Å². The monoisotopic (exact) mass is 385 g/mol. The molecular weight excluding hydrogens is 354 g/mol. The Labute approximate surface area is 157 Å². The number of hydrogen-bond donors (Lipinski definition) is 2. The molecule has 1 saturated heterocycles. The number of nitrogens with zero attached hydrogens (tertiary/aromatic N) is 2. The summed E-state index contributed by atoms with van der Waals surface area (Å²) < 4.78 is 31.4. The maximum atomic E-state index is 11.5. The number of benzene rings is 1. The first kappa shape index (κ1) is 20.8. The highest BCUT2D eigenvalue weighted by Gasteiger charge is 2.19. The zero-order valence-corrected chi connectivity index (χ0v) is 16.8. The molecule has 7 nitrogen and oxygen atoms in total. The molecule has 0 aromatic heterocycles. The van der Waals surface area contributed by atoms with Crippen LogP contribution in [0.2, 0.25) is 0 Å². The van der Waals surface area contributed by atoms with Gasteiger partial charge in [-0.15, -0.1) is 0 Å². The van der Waals surface area contributed by atoms with E-state index in [9.17, 15) is 13.5 Å². The molecule has 1 aromatic rings. The van der Waals surface area contributed by atoms with Crippen molar-refractivity contribution in [1.29, 1.82) is 0 Å². The molecule has 0 spiro atoms. The van der Waals surface area contributed by atoms with E-state index in [1.807, 2.05) is 6.07 Å². The first-order valence-corrected chi connectivity index (χ1v) is 11.1. The number of sulfonamides is 1. The lowest BCUT2D eigenvalue weighted by atomic mass is 10.2. The fourth-order valence-electron chi connectivity index (χ4n) is 3.15. The Morgan fingerprint density at radius 2 is 1.92 bits per heavy atom. The molecule has 148 valence electrons. The number of nitrogens with one attached hydrogen (secondary N) is 1. The molecule has 1 heterocycles. The molecule has 1 aromatic carbocycles. The van der Waals surface area contributed by atoms with Crippen molar-refractivity contribution in [1.82, 2.24) is 4.90 Å². The lowest BCUT2D eigenvalue weighted by Gasteiger charge is -2.25. The molecular formula is C18H31N3O4S. The molecule has 1 atom stereocenters. The molecule has 1 aliphatic heterocycles. The van der Waals surface area contributed by atoms with Crippen molar-refractivity contribution in [3.05, 3.63) is 18.2 Å². The minimum atomic E-state index is -3.35. The van der Waals surface area contributed by atoms with E-state index in [1.165, 1.54) is 0 Å². The minimum Gasteiger partial charge on any atom is -0.489 e. The molecule has 2 N–H and O–H groups in total. The smallest absolute Gasteiger partial charge is 0.229 e. The molecule has 1 unspecified atom stereocenters. The topological polar surface area (TPSA) is 82.1 Å². The lowest BCUT2D eigenvalue weighted by molar-refractivity contribution is 0.0718. The second-order valence-electron chi connectivity index (χ2n) is 6.70. The van der Waals surface area contributed by atoms with Gasteiger partial charge < -0.3 is 19.6 Å². The Hall–Kier alpha value is -1.51. The summed E-state index contributed by atoms with van der Waals surface area (Å²) in [6.45, 7) is 8.49. The van der Waals surface area contributed by atoms with Crippen LogP contribution in [0, 0.1) is 0 Å². The third-order valence-corrected chi connectivity index (χ3v) is 5.11. The van der Waals surface area contributed by atoms with Gasteiger partial charge in [-0.1, -0.05) is 13.8 Å². The molecule has 1 fully saturated rings. The first-order valence-electron chi connectivity index (χ1n) is 9.22. The van der Waals surface area contributed by atoms with Crippen molar-refractivity contribution in [3.63, 3.8) is 0 Å². The van der Waals surface area contributed by atoms with E-state index in [-0.39, 0.29) is 6.61 Å². The molecule has 2 rings (SSSR count). The van der Waals surface area contributed by atoms with Crippen molar-refractivity contribution >= 4 is 21.4 Å². The SMILES string of the molecule is CCN(CC)CC(O)COc1cc(NS(C)(=O)=O)ccc1N1CCCC1. The highest BCUT2D eigenvalue weighted by atomic mass is 32.2. The maximum absolute atomic E-state index is 11.5. The second-order valence-corrected chi connectivity index (χ2v) is 8.45. The summed E-state index contributed by atoms with van der Waals surface area (Å²) in [5.74, 6) is 0.596. The van der Waals surface area contributed by atoms with Gasteiger partial charge in [-0.25, -0.2) is 8.42 Å². The van der Waals surface area contributed by atoms with Crippen molar-refractivity contribution < 1.29 is 18.3 Å². The predicted molar refractivity (Wildman–Crippen MR) is 106 cm³/mol. The van der Waals surface area contributed by atoms with Crippen LogP contribution in [0.3, 0.4) is 0 Å². The Morgan fingerprint density at radius 1 is 1.27 bits per heavy atom. The average Bonchev–Trinajstić information content (AvgIpc) is 3.11. The van der Waals surface area contributed by atoms with Gasteiger partial charge in [0.1, 0.15) is 18.5 Å². The number of rotatable bonds is 10. The van der Waals surface area contributed by atoms with Crippen LogP contribution >= 0.6 is 0 Å². The van der Waals surface area contributed by atoms with Gasteiger partial charge in [0.15, 0.2) is 0 Å². The van der Waals surface area contributed by atoms with Gasteiger partial charge in [0.05, 0.1) is 17.6 Å². The van der Waals surface area contributed by atoms with Crippen molar-refractivity contribution in [2.75, 3.05) is 55.2 Å². The van der Waals surface area contributed by atoms with Crippen LogP contribution in [0.25, 0.3) is 0 Å². The highest BCUT2D eigenvalue weighted by Crippen LogP contribution is 2.34. The summed E-state index contributed by atoms with van der Waals surface area (Å²) in [4.78, 5) is 4.37. The summed E-state index contributed by atoms with van der Waals surface area (Å²) in [5.41, 5.74) is 1.40. The van der Waals surface area contributed by atoms with Gasteiger partial charge >= 0.3 is 0 Å². The lowest BCUT2D eigenvalue weighted by Crippen LogP contribution is -2.35. The molecule has 0 bridgehead atoms. The quantitative estimate of drug-likeness (QED) is 0.638. The van der Waals surface area contributed by atoms with Gasteiger partial charge in [0.25, 0.3) is 0 Å². The third kappa shape index (κ3) is 6.34. The van der Waals surface area contributed by atoms with Crippen LogP contribution in [0.4, 0.5) is 11.4 Å². The number of anilines is 2. The van der Waals surface area contributed by atoms with E-state index in [2.05, 4.69) is 28.4 Å². The highest BCUT2D eigenvalue weighted by molar-refractivity contribution is 7.92. The Balaban J connectivity index is 2.12. The maximum Gasteiger partial charge on any atom is 0.229 e. The van der Waals surface area contributed by atoms with E-state index in [0.29, 0.717) is 18.0 Å². The number of hydrogen-bond acceptors (Lipinski definition) is 6. The standard InChI is InChI=1S/C18H31N3O4S/c1-4-20(5-2)13-16(22)14-25-18-12-15(19-26(3,23)24)8-9-17(18)21-10-6-7-11-21/h8-9,12,16,19,22H,4-7,10-11,13-14H2,1-3H3. The van der Waals surface area contributed by atoms with Gasteiger partial charge in [-0.3, -0.25) is 4.72 Å². The molecule has 0 saturated carbocycles. The number of aliphatic hydroxyl groups excluding tert-OH is 1. The zero-order valence-electron chi connectivity index (χ0n) is 15.9. The van der Waals surface area contributed by atoms with Crippen molar-refractivity contribution in [2.24, 2.45) is 0 Å². The summed E-state index contributed by atoms with van der Waals surface area (Å²) in [6, 6.07) is 5.32. The van der Waals surface area contributed by atoms with E-state index < -0.39 is 16.1 Å². The molecule has 0 amide bonds. The molecule has 1 aliphatic rings. The number of aliphatic hydroxyl groups is 1. The Morgan fingerprint density at radius 3 is 2.50 bits per heavy atom. The zero-order chi connectivity index (χ0) is 19.2. The van der Waals surface area contributed by atoms with Crippen molar-refractivity contribution in [3.8, 4) is 5.75 Å². The Bertz CT molecular complexity index is 671. The fourth-order valence-corrected chi connectivity index (χ4v) is 3.70. The largest absolute Gasteiger partial charge is 0.489 e. The van der Waals surface area contributed by atoms with E-state index in [0.717, 1.165) is 51.0 Å². The number of ether oxygens (including phenoxy) is 1. The first-order chi connectivity index (χ1) is 12.3. The summed E-state index contributed by atoms with van der Waals surface area (Å²) in [7, 11) is -3.35. The van der Waals surface area contributed by atoms with E-state index in [4.69, 9.17) is 4.74 Å². The van der Waals surface area contributed by atoms with E-state index in [1.54, 1.807) is 12.1 Å². The molecule has 26 heavy (non-hydrogen) atoms. The summed E-state index contributed by atoms with van der Waals surface area (Å²) in [5, 5.41) is 10.3. The summed E-state index contributed by atoms with van der Waals surface area (Å²) >= 11 is 0. The van der Waals surface area contributed by atoms with Crippen molar-refractivity contribution in [2.45, 2.75) is 32.8 Å². The molecule has 0 aliphatic carbocycles. The fraction of sp³-hybridized carbons (Fsp3) is 0.667. The van der Waals surface area contributed by atoms with Crippen LogP contribution in [0.15, 0.2) is 18.2 Å². The van der Waals surface area contributed by atoms with Crippen LogP contribution < -0.4 is 14.4 Å². The minimum absolute atomic E-state index is 0.166. The van der Waals surface area contributed by atoms with Gasteiger partial charge in [-0.2, -0.15) is 0 Å². The van der Waals surface area contributed by atoms with Crippen LogP contribution in [0.5, 0.6) is 5.75 Å². The normalized spacial score (nSPS) is 16.1. The molecule has 0 radical (unpaired) electrons. The second kappa shape index (κ2) is 9.43. The van der Waals surface area contributed by atoms with Crippen LogP contribution in [0.1, 0.15) is 26.7 Å².